The highest BCUT2D eigenvalue weighted by Crippen LogP contribution is 2.30. The van der Waals surface area contributed by atoms with Gasteiger partial charge < -0.3 is 23.4 Å². The first-order valence-corrected chi connectivity index (χ1v) is 16.2. The van der Waals surface area contributed by atoms with Gasteiger partial charge in [0.25, 0.3) is 0 Å². The van der Waals surface area contributed by atoms with Gasteiger partial charge in [0.1, 0.15) is 23.0 Å². The highest BCUT2D eigenvalue weighted by molar-refractivity contribution is 5.93. The predicted octanol–water partition coefficient (Wildman–Crippen LogP) is 9.13. The van der Waals surface area contributed by atoms with Crippen molar-refractivity contribution in [3.05, 3.63) is 107 Å². The van der Waals surface area contributed by atoms with Gasteiger partial charge in [0.15, 0.2) is 0 Å². The average molecular weight is 649 g/mol. The van der Waals surface area contributed by atoms with Crippen molar-refractivity contribution in [2.24, 2.45) is 0 Å². The summed E-state index contributed by atoms with van der Waals surface area (Å²) < 4.78 is 28.7. The van der Waals surface area contributed by atoms with E-state index < -0.39 is 11.9 Å². The van der Waals surface area contributed by atoms with E-state index in [1.807, 2.05) is 32.9 Å². The maximum Gasteiger partial charge on any atom is 0.343 e. The minimum Gasteiger partial charge on any atom is -0.494 e. The van der Waals surface area contributed by atoms with Crippen LogP contribution in [0.25, 0.3) is 22.9 Å². The van der Waals surface area contributed by atoms with Crippen molar-refractivity contribution in [2.75, 3.05) is 13.2 Å². The third-order valence-corrected chi connectivity index (χ3v) is 7.74. The van der Waals surface area contributed by atoms with E-state index in [0.29, 0.717) is 58.7 Å². The molecule has 48 heavy (non-hydrogen) atoms. The fourth-order valence-electron chi connectivity index (χ4n) is 4.96. The normalized spacial score (nSPS) is 10.9. The van der Waals surface area contributed by atoms with Crippen LogP contribution in [0.1, 0.15) is 76.9 Å². The number of carbonyl (C=O) groups excluding carboxylic acids is 2. The van der Waals surface area contributed by atoms with E-state index in [-0.39, 0.29) is 0 Å². The van der Waals surface area contributed by atoms with Gasteiger partial charge in [-0.3, -0.25) is 0 Å². The molecule has 5 aromatic rings. The van der Waals surface area contributed by atoms with Gasteiger partial charge in [-0.05, 0) is 129 Å². The van der Waals surface area contributed by atoms with E-state index in [1.54, 1.807) is 66.7 Å². The van der Waals surface area contributed by atoms with Crippen molar-refractivity contribution < 1.29 is 33.0 Å². The predicted molar refractivity (Wildman–Crippen MR) is 183 cm³/mol. The van der Waals surface area contributed by atoms with E-state index in [1.165, 1.54) is 0 Å². The van der Waals surface area contributed by atoms with Crippen LogP contribution in [0.2, 0.25) is 0 Å². The summed E-state index contributed by atoms with van der Waals surface area (Å²) in [6.07, 6.45) is 4.05. The molecule has 248 valence electrons. The average Bonchev–Trinajstić information content (AvgIpc) is 3.55. The zero-order chi connectivity index (χ0) is 34.0. The van der Waals surface area contributed by atoms with Crippen LogP contribution >= 0.6 is 0 Å². The molecule has 0 spiro atoms. The molecule has 1 aromatic heterocycles. The van der Waals surface area contributed by atoms with Crippen LogP contribution in [0.3, 0.4) is 0 Å². The molecular formula is C39H40N2O7. The molecule has 9 heteroatoms. The van der Waals surface area contributed by atoms with Crippen LogP contribution in [0, 0.1) is 20.8 Å². The van der Waals surface area contributed by atoms with E-state index in [4.69, 9.17) is 23.4 Å². The molecule has 1 heterocycles. The topological polar surface area (TPSA) is 110 Å². The van der Waals surface area contributed by atoms with Gasteiger partial charge in [0, 0.05) is 11.1 Å². The minimum absolute atomic E-state index is 0.310. The summed E-state index contributed by atoms with van der Waals surface area (Å²) in [5.74, 6) is 1.99. The standard InChI is InChI=1S/C39H40N2O7/c1-6-8-20-44-30-14-18-34(26(4)22-30)38(42)46-29-12-10-28(11-13-29)36-40-41-37(48-36)33-17-16-32(24-25(33)3)47-39(43)35-19-15-31(23-27(35)5)45-21-9-7-2/h10-19,22-24H,6-9,20-21H2,1-5H3. The highest BCUT2D eigenvalue weighted by Gasteiger charge is 2.17. The fourth-order valence-corrected chi connectivity index (χ4v) is 4.96. The molecule has 0 aliphatic heterocycles. The molecule has 4 aromatic carbocycles. The van der Waals surface area contributed by atoms with E-state index >= 15 is 0 Å². The lowest BCUT2D eigenvalue weighted by Crippen LogP contribution is -2.10. The maximum atomic E-state index is 12.9. The van der Waals surface area contributed by atoms with Crippen molar-refractivity contribution in [3.8, 4) is 45.9 Å². The lowest BCUT2D eigenvalue weighted by molar-refractivity contribution is 0.0724. The fraction of sp³-hybridized carbons (Fsp3) is 0.282. The lowest BCUT2D eigenvalue weighted by Gasteiger charge is -2.11. The van der Waals surface area contributed by atoms with Gasteiger partial charge in [-0.1, -0.05) is 26.7 Å². The van der Waals surface area contributed by atoms with Crippen LogP contribution in [-0.2, 0) is 0 Å². The number of benzene rings is 4. The third-order valence-electron chi connectivity index (χ3n) is 7.74. The number of esters is 2. The van der Waals surface area contributed by atoms with Crippen LogP contribution < -0.4 is 18.9 Å². The van der Waals surface area contributed by atoms with Crippen molar-refractivity contribution in [1.82, 2.24) is 10.2 Å². The Bertz CT molecular complexity index is 1880. The second-order valence-electron chi connectivity index (χ2n) is 11.5. The zero-order valence-corrected chi connectivity index (χ0v) is 28.0. The Morgan fingerprint density at radius 3 is 1.58 bits per heavy atom. The van der Waals surface area contributed by atoms with Gasteiger partial charge in [-0.15, -0.1) is 10.2 Å². The molecule has 0 aliphatic carbocycles. The van der Waals surface area contributed by atoms with Gasteiger partial charge in [0.05, 0.1) is 24.3 Å². The molecule has 0 N–H and O–H groups in total. The number of hydrogen-bond donors (Lipinski definition) is 0. The molecule has 0 fully saturated rings. The number of ether oxygens (including phenoxy) is 4. The number of aryl methyl sites for hydroxylation is 3. The molecule has 0 radical (unpaired) electrons. The van der Waals surface area contributed by atoms with E-state index in [9.17, 15) is 9.59 Å². The zero-order valence-electron chi connectivity index (χ0n) is 28.0. The maximum absolute atomic E-state index is 12.9. The quantitative estimate of drug-likeness (QED) is 0.0661. The second kappa shape index (κ2) is 15.9. The van der Waals surface area contributed by atoms with Crippen molar-refractivity contribution >= 4 is 11.9 Å². The number of rotatable bonds is 14. The number of carbonyl (C=O) groups is 2. The molecule has 0 atom stereocenters. The van der Waals surface area contributed by atoms with Crippen molar-refractivity contribution in [3.63, 3.8) is 0 Å². The van der Waals surface area contributed by atoms with Crippen LogP contribution in [0.4, 0.5) is 0 Å². The first-order valence-electron chi connectivity index (χ1n) is 16.2. The molecule has 0 saturated carbocycles. The number of unbranched alkanes of at least 4 members (excludes halogenated alkanes) is 2. The summed E-state index contributed by atoms with van der Waals surface area (Å²) in [6.45, 7) is 11.1. The van der Waals surface area contributed by atoms with E-state index in [0.717, 1.165) is 53.9 Å². The van der Waals surface area contributed by atoms with Gasteiger partial charge >= 0.3 is 11.9 Å². The number of hydrogen-bond acceptors (Lipinski definition) is 9. The van der Waals surface area contributed by atoms with Gasteiger partial charge in [0.2, 0.25) is 11.8 Å². The second-order valence-corrected chi connectivity index (χ2v) is 11.5. The highest BCUT2D eigenvalue weighted by atomic mass is 16.5. The summed E-state index contributed by atoms with van der Waals surface area (Å²) in [5, 5.41) is 8.43. The first-order chi connectivity index (χ1) is 23.2. The smallest absolute Gasteiger partial charge is 0.343 e. The van der Waals surface area contributed by atoms with Crippen LogP contribution in [0.15, 0.2) is 83.3 Å². The first kappa shape index (κ1) is 33.9. The Labute approximate surface area is 280 Å². The molecule has 0 aliphatic rings. The third kappa shape index (κ3) is 8.47. The number of nitrogens with zero attached hydrogens (tertiary/aromatic N) is 2. The largest absolute Gasteiger partial charge is 0.494 e. The lowest BCUT2D eigenvalue weighted by atomic mass is 10.1. The SMILES string of the molecule is CCCCOc1ccc(C(=O)Oc2ccc(-c3nnc(-c4ccc(OC(=O)c5ccc(OCCCC)cc5C)cc4C)o3)cc2)c(C)c1. The Hall–Kier alpha value is -5.44. The molecule has 5 rings (SSSR count). The molecule has 9 nitrogen and oxygen atoms in total. The monoisotopic (exact) mass is 648 g/mol. The van der Waals surface area contributed by atoms with Crippen molar-refractivity contribution in [2.45, 2.75) is 60.3 Å². The Balaban J connectivity index is 1.20. The summed E-state index contributed by atoms with van der Waals surface area (Å²) in [6, 6.07) is 22.8. The summed E-state index contributed by atoms with van der Waals surface area (Å²) >= 11 is 0. The summed E-state index contributed by atoms with van der Waals surface area (Å²) in [7, 11) is 0. The Kier molecular flexibility index (Phi) is 11.2. The summed E-state index contributed by atoms with van der Waals surface area (Å²) in [4.78, 5) is 25.8. The molecular weight excluding hydrogens is 608 g/mol. The van der Waals surface area contributed by atoms with Crippen LogP contribution in [0.5, 0.6) is 23.0 Å². The molecule has 0 saturated heterocycles. The Morgan fingerprint density at radius 1 is 0.583 bits per heavy atom. The van der Waals surface area contributed by atoms with Gasteiger partial charge in [-0.2, -0.15) is 0 Å². The molecule has 0 bridgehead atoms. The van der Waals surface area contributed by atoms with E-state index in [2.05, 4.69) is 24.0 Å². The molecule has 0 amide bonds. The number of aromatic nitrogens is 2. The summed E-state index contributed by atoms with van der Waals surface area (Å²) in [5.41, 5.74) is 4.67. The van der Waals surface area contributed by atoms with Crippen molar-refractivity contribution in [1.29, 1.82) is 0 Å². The van der Waals surface area contributed by atoms with Gasteiger partial charge in [-0.25, -0.2) is 9.59 Å². The van der Waals surface area contributed by atoms with Crippen LogP contribution in [-0.4, -0.2) is 35.3 Å². The molecule has 0 unspecified atom stereocenters. The minimum atomic E-state index is -0.453. The Morgan fingerprint density at radius 2 is 1.06 bits per heavy atom.